The van der Waals surface area contributed by atoms with Crippen molar-refractivity contribution in [2.45, 2.75) is 43.2 Å². The summed E-state index contributed by atoms with van der Waals surface area (Å²) < 4.78 is 1.01. The van der Waals surface area contributed by atoms with Gasteiger partial charge in [-0.15, -0.1) is 11.8 Å². The third-order valence-corrected chi connectivity index (χ3v) is 5.38. The molecule has 2 rings (SSSR count). The van der Waals surface area contributed by atoms with E-state index in [2.05, 4.69) is 39.2 Å². The Morgan fingerprint density at radius 2 is 2.45 bits per heavy atom. The number of halogens is 1. The van der Waals surface area contributed by atoms with Crippen molar-refractivity contribution in [3.05, 3.63) is 22.8 Å². The highest BCUT2D eigenvalue weighted by molar-refractivity contribution is 9.10. The van der Waals surface area contributed by atoms with Gasteiger partial charge in [-0.1, -0.05) is 13.3 Å². The topological polar surface area (TPSA) is 48.7 Å². The molecule has 0 aliphatic heterocycles. The first-order chi connectivity index (χ1) is 9.70. The standard InChI is InChI=1S/C15H20BrN3S/c1-2-19-15(11-17)8-3-4-12(15)7-9-20-14-6-5-13(16)10-18-14/h5-6,10,12,19H,2-4,7-9H2,1H3. The molecule has 20 heavy (non-hydrogen) atoms. The predicted molar refractivity (Wildman–Crippen MR) is 86.6 cm³/mol. The number of pyridine rings is 1. The van der Waals surface area contributed by atoms with E-state index in [1.807, 2.05) is 18.3 Å². The fraction of sp³-hybridized carbons (Fsp3) is 0.600. The van der Waals surface area contributed by atoms with Gasteiger partial charge in [0.25, 0.3) is 0 Å². The second-order valence-electron chi connectivity index (χ2n) is 5.15. The molecule has 108 valence electrons. The third-order valence-electron chi connectivity index (χ3n) is 3.93. The largest absolute Gasteiger partial charge is 0.299 e. The van der Waals surface area contributed by atoms with Crippen LogP contribution in [0, 0.1) is 17.2 Å². The molecule has 1 aliphatic rings. The van der Waals surface area contributed by atoms with Gasteiger partial charge in [0.15, 0.2) is 0 Å². The zero-order valence-electron chi connectivity index (χ0n) is 11.7. The van der Waals surface area contributed by atoms with Crippen molar-refractivity contribution in [1.29, 1.82) is 5.26 Å². The summed E-state index contributed by atoms with van der Waals surface area (Å²) in [5.74, 6) is 1.49. The van der Waals surface area contributed by atoms with Crippen LogP contribution in [0.15, 0.2) is 27.8 Å². The first kappa shape index (κ1) is 15.8. The summed E-state index contributed by atoms with van der Waals surface area (Å²) in [5, 5.41) is 14.0. The molecular formula is C15H20BrN3S. The fourth-order valence-electron chi connectivity index (χ4n) is 2.96. The van der Waals surface area contributed by atoms with Gasteiger partial charge >= 0.3 is 0 Å². The molecule has 0 saturated heterocycles. The van der Waals surface area contributed by atoms with Gasteiger partial charge in [0.05, 0.1) is 11.1 Å². The van der Waals surface area contributed by atoms with E-state index in [1.54, 1.807) is 11.8 Å². The SMILES string of the molecule is CCNC1(C#N)CCCC1CCSc1ccc(Br)cn1. The van der Waals surface area contributed by atoms with Crippen LogP contribution in [-0.4, -0.2) is 22.8 Å². The first-order valence-corrected chi connectivity index (χ1v) is 8.88. The first-order valence-electron chi connectivity index (χ1n) is 7.11. The summed E-state index contributed by atoms with van der Waals surface area (Å²) in [7, 11) is 0. The Hall–Kier alpha value is -0.570. The number of aromatic nitrogens is 1. The maximum absolute atomic E-state index is 9.53. The Morgan fingerprint density at radius 3 is 3.10 bits per heavy atom. The Labute approximate surface area is 133 Å². The van der Waals surface area contributed by atoms with Crippen molar-refractivity contribution in [3.63, 3.8) is 0 Å². The second-order valence-corrected chi connectivity index (χ2v) is 7.19. The van der Waals surface area contributed by atoms with Crippen LogP contribution >= 0.6 is 27.7 Å². The van der Waals surface area contributed by atoms with Crippen LogP contribution < -0.4 is 5.32 Å². The van der Waals surface area contributed by atoms with Crippen molar-refractivity contribution < 1.29 is 0 Å². The summed E-state index contributed by atoms with van der Waals surface area (Å²) in [6, 6.07) is 6.59. The van der Waals surface area contributed by atoms with Crippen LogP contribution in [0.4, 0.5) is 0 Å². The van der Waals surface area contributed by atoms with Crippen molar-refractivity contribution in [2.24, 2.45) is 5.92 Å². The molecule has 3 nitrogen and oxygen atoms in total. The minimum Gasteiger partial charge on any atom is -0.299 e. The number of hydrogen-bond donors (Lipinski definition) is 1. The average molecular weight is 354 g/mol. The fourth-order valence-corrected chi connectivity index (χ4v) is 4.09. The van der Waals surface area contributed by atoms with Gasteiger partial charge in [0.2, 0.25) is 0 Å². The molecule has 1 aromatic rings. The Kier molecular flexibility index (Phi) is 5.88. The molecular weight excluding hydrogens is 334 g/mol. The van der Waals surface area contributed by atoms with Gasteiger partial charge in [-0.3, -0.25) is 5.32 Å². The molecule has 1 aromatic heterocycles. The summed E-state index contributed by atoms with van der Waals surface area (Å²) in [5.41, 5.74) is -0.289. The van der Waals surface area contributed by atoms with Crippen molar-refractivity contribution in [2.75, 3.05) is 12.3 Å². The third kappa shape index (κ3) is 3.75. The van der Waals surface area contributed by atoms with Crippen molar-refractivity contribution >= 4 is 27.7 Å². The van der Waals surface area contributed by atoms with E-state index in [1.165, 1.54) is 0 Å². The number of nitriles is 1. The molecule has 1 aliphatic carbocycles. The lowest BCUT2D eigenvalue weighted by Crippen LogP contribution is -2.47. The Balaban J connectivity index is 1.87. The molecule has 1 saturated carbocycles. The van der Waals surface area contributed by atoms with Crippen molar-refractivity contribution in [3.8, 4) is 6.07 Å². The number of hydrogen-bond acceptors (Lipinski definition) is 4. The maximum atomic E-state index is 9.53. The van der Waals surface area contributed by atoms with E-state index in [0.29, 0.717) is 5.92 Å². The number of nitrogens with zero attached hydrogens (tertiary/aromatic N) is 2. The molecule has 0 amide bonds. The van der Waals surface area contributed by atoms with Crippen LogP contribution in [-0.2, 0) is 0 Å². The zero-order valence-corrected chi connectivity index (χ0v) is 14.1. The molecule has 0 bridgehead atoms. The van der Waals surface area contributed by atoms with E-state index in [-0.39, 0.29) is 5.54 Å². The Bertz CT molecular complexity index is 471. The summed E-state index contributed by atoms with van der Waals surface area (Å²) in [4.78, 5) is 4.37. The van der Waals surface area contributed by atoms with E-state index in [0.717, 1.165) is 47.5 Å². The van der Waals surface area contributed by atoms with Gasteiger partial charge in [-0.25, -0.2) is 4.98 Å². The lowest BCUT2D eigenvalue weighted by Gasteiger charge is -2.29. The van der Waals surface area contributed by atoms with Gasteiger partial charge in [-0.2, -0.15) is 5.26 Å². The van der Waals surface area contributed by atoms with E-state index >= 15 is 0 Å². The monoisotopic (exact) mass is 353 g/mol. The number of nitrogens with one attached hydrogen (secondary N) is 1. The second kappa shape index (κ2) is 7.44. The lowest BCUT2D eigenvalue weighted by atomic mass is 9.86. The molecule has 5 heteroatoms. The zero-order chi connectivity index (χ0) is 14.4. The number of thioether (sulfide) groups is 1. The maximum Gasteiger partial charge on any atom is 0.109 e. The molecule has 0 aromatic carbocycles. The molecule has 2 atom stereocenters. The summed E-state index contributed by atoms with van der Waals surface area (Å²) in [6.07, 6.45) is 6.21. The molecule has 1 N–H and O–H groups in total. The van der Waals surface area contributed by atoms with Crippen LogP contribution in [0.3, 0.4) is 0 Å². The quantitative estimate of drug-likeness (QED) is 0.785. The van der Waals surface area contributed by atoms with Gasteiger partial charge in [-0.05, 0) is 65.5 Å². The van der Waals surface area contributed by atoms with Crippen LogP contribution in [0.5, 0.6) is 0 Å². The predicted octanol–water partition coefficient (Wildman–Crippen LogP) is 4.00. The summed E-state index contributed by atoms with van der Waals surface area (Å²) in [6.45, 7) is 2.94. The van der Waals surface area contributed by atoms with Gasteiger partial charge in [0, 0.05) is 10.7 Å². The highest BCUT2D eigenvalue weighted by Crippen LogP contribution is 2.38. The smallest absolute Gasteiger partial charge is 0.109 e. The average Bonchev–Trinajstić information content (AvgIpc) is 2.85. The molecule has 2 unspecified atom stereocenters. The normalized spacial score (nSPS) is 25.6. The van der Waals surface area contributed by atoms with E-state index in [4.69, 9.17) is 0 Å². The van der Waals surface area contributed by atoms with E-state index < -0.39 is 0 Å². The molecule has 1 fully saturated rings. The van der Waals surface area contributed by atoms with Crippen LogP contribution in [0.25, 0.3) is 0 Å². The highest BCUT2D eigenvalue weighted by atomic mass is 79.9. The number of rotatable bonds is 6. The van der Waals surface area contributed by atoms with Crippen molar-refractivity contribution in [1.82, 2.24) is 10.3 Å². The van der Waals surface area contributed by atoms with Crippen LogP contribution in [0.2, 0.25) is 0 Å². The summed E-state index contributed by atoms with van der Waals surface area (Å²) >= 11 is 5.17. The lowest BCUT2D eigenvalue weighted by molar-refractivity contribution is 0.317. The van der Waals surface area contributed by atoms with Gasteiger partial charge in [0.1, 0.15) is 5.54 Å². The minimum absolute atomic E-state index is 0.289. The molecule has 1 heterocycles. The van der Waals surface area contributed by atoms with E-state index in [9.17, 15) is 5.26 Å². The van der Waals surface area contributed by atoms with Crippen LogP contribution in [0.1, 0.15) is 32.6 Å². The Morgan fingerprint density at radius 1 is 1.60 bits per heavy atom. The molecule has 0 radical (unpaired) electrons. The highest BCUT2D eigenvalue weighted by Gasteiger charge is 2.41. The minimum atomic E-state index is -0.289. The van der Waals surface area contributed by atoms with Gasteiger partial charge < -0.3 is 0 Å². The molecule has 0 spiro atoms.